The fourth-order valence-electron chi connectivity index (χ4n) is 9.37. The molecule has 6 rings (SSSR count). The van der Waals surface area contributed by atoms with E-state index in [4.69, 9.17) is 14.4 Å². The first-order chi connectivity index (χ1) is 48.4. The topological polar surface area (TPSA) is 212 Å². The minimum absolute atomic E-state index is 0.0353. The van der Waals surface area contributed by atoms with E-state index in [1.165, 1.54) is 0 Å². The highest BCUT2D eigenvalue weighted by molar-refractivity contribution is 7.95. The Hall–Kier alpha value is -6.77. The SMILES string of the molecule is COC1(F)C(F)(F)C(F)(F)C1(F)Oc1ccc(-c2ccc(OC3(F)C(F)(F)C(F)(F)C3(F)Oc3ccc(C(c4ccc(C)c(C(F)(F)C(F)(F)OC(F)(F)C(F)(F)S(=O)(=O)O)c4)(C(F)(F)F)C(F)(F)F)cc3)c(C(F)(F)C(F)(F)OC(F)(F)C(F)(F)S(=O)(=O)O)c2)cc1C(F)(F)C(F)(F)OC(F)(F)C(F)(F)SOOO. The number of benzene rings is 4. The summed E-state index contributed by atoms with van der Waals surface area (Å²) >= 11 is -2.38. The van der Waals surface area contributed by atoms with Gasteiger partial charge in [0.2, 0.25) is 5.41 Å². The fraction of sp³-hybridized carbons (Fsp3) is 0.510. The zero-order chi connectivity index (χ0) is 86.1. The van der Waals surface area contributed by atoms with Crippen molar-refractivity contribution in [3.63, 3.8) is 0 Å². The van der Waals surface area contributed by atoms with Gasteiger partial charge in [-0.3, -0.25) is 9.11 Å². The third-order valence-corrected chi connectivity index (χ3v) is 17.4. The number of hydrogen-bond donors (Lipinski definition) is 3. The van der Waals surface area contributed by atoms with Gasteiger partial charge < -0.3 is 18.9 Å². The molecule has 4 aromatic carbocycles. The van der Waals surface area contributed by atoms with Gasteiger partial charge in [0.25, 0.3) is 0 Å². The van der Waals surface area contributed by atoms with E-state index in [9.17, 15) is 95.9 Å². The van der Waals surface area contributed by atoms with Crippen LogP contribution in [-0.4, -0.2) is 150 Å². The highest BCUT2D eigenvalue weighted by Crippen LogP contribution is 2.72. The molecule has 61 heteroatoms. The van der Waals surface area contributed by atoms with Crippen molar-refractivity contribution in [1.29, 1.82) is 0 Å². The van der Waals surface area contributed by atoms with Crippen molar-refractivity contribution in [2.45, 2.75) is 142 Å². The maximum absolute atomic E-state index is 16.9. The van der Waals surface area contributed by atoms with Crippen LogP contribution in [0.25, 0.3) is 11.1 Å². The minimum Gasteiger partial charge on any atom is -0.447 e. The molecule has 2 fully saturated rings. The highest BCUT2D eigenvalue weighted by atomic mass is 32.2. The first-order valence-electron chi connectivity index (χ1n) is 26.2. The Kier molecular flexibility index (Phi) is 22.1. The quantitative estimate of drug-likeness (QED) is 0.0146. The molecule has 0 radical (unpaired) electrons. The van der Waals surface area contributed by atoms with Crippen LogP contribution in [0.3, 0.4) is 0 Å². The Morgan fingerprint density at radius 2 is 0.682 bits per heavy atom. The van der Waals surface area contributed by atoms with Gasteiger partial charge >= 0.3 is 150 Å². The predicted molar refractivity (Wildman–Crippen MR) is 261 cm³/mol. The zero-order valence-corrected chi connectivity index (χ0v) is 52.7. The monoisotopic (exact) mass is 1760 g/mol. The molecule has 626 valence electrons. The lowest BCUT2D eigenvalue weighted by atomic mass is 9.72. The second-order valence-electron chi connectivity index (χ2n) is 21.8. The second kappa shape index (κ2) is 26.4. The molecule has 0 heterocycles. The van der Waals surface area contributed by atoms with E-state index in [2.05, 4.69) is 33.1 Å². The molecular weight excluding hydrogens is 1740 g/mol. The first-order valence-corrected chi connectivity index (χ1v) is 29.8. The number of alkyl halides is 42. The van der Waals surface area contributed by atoms with Gasteiger partial charge in [0.05, 0.1) is 11.1 Å². The summed E-state index contributed by atoms with van der Waals surface area (Å²) < 4.78 is 716. The van der Waals surface area contributed by atoms with E-state index in [1.807, 2.05) is 9.47 Å². The molecule has 2 aliphatic carbocycles. The number of hydrogen-bond acceptors (Lipinski definition) is 15. The summed E-state index contributed by atoms with van der Waals surface area (Å²) in [4.78, 5) is 0. The van der Waals surface area contributed by atoms with Gasteiger partial charge in [0, 0.05) is 12.7 Å². The normalized spacial score (nSPS) is 23.0. The zero-order valence-electron chi connectivity index (χ0n) is 50.3. The number of rotatable bonds is 30. The maximum Gasteiger partial charge on any atom is 0.460 e. The third kappa shape index (κ3) is 13.0. The molecule has 0 amide bonds. The van der Waals surface area contributed by atoms with Crippen LogP contribution in [-0.2, 0) is 71.7 Å². The molecule has 4 unspecified atom stereocenters. The molecule has 110 heavy (non-hydrogen) atoms. The molecule has 0 aromatic heterocycles. The number of halogens is 42. The molecule has 0 bridgehead atoms. The summed E-state index contributed by atoms with van der Waals surface area (Å²) in [6, 6.07) is -13.3. The smallest absolute Gasteiger partial charge is 0.447 e. The summed E-state index contributed by atoms with van der Waals surface area (Å²) in [6.07, 6.45) is -61.2. The van der Waals surface area contributed by atoms with Crippen LogP contribution >= 0.6 is 12.0 Å². The van der Waals surface area contributed by atoms with E-state index >= 15 is 105 Å². The lowest BCUT2D eigenvalue weighted by Gasteiger charge is -2.55. The number of ether oxygens (including phenoxy) is 7. The standard InChI is InChI=1S/C49H22F42O16S3/c1-16-3-6-20(15-22(16)28(50,51)41(74,75)104-45(82,83)48(88,89)109(93,94)95)27(39(68,69)70,40(71,72)73)19-7-9-21(10-8-19)100-37(66)33(60,61)34(62,63)38(37,67)102-26-12-5-18(14-24(26)30(54,55)43(78,79)105-46(84,85)49(90,91)110(96,97)98)17-4-11-25(101-36(65)32(58,59)31(56,57)35(36,64)99-2)23(13-17)29(52,53)42(76,77)103-44(80,81)47(86,87)108-107-106-92/h3-15,92H,1-2H3,(H,93,94,95)(H,96,97,98). The summed E-state index contributed by atoms with van der Waals surface area (Å²) in [7, 11) is -16.3. The summed E-state index contributed by atoms with van der Waals surface area (Å²) in [5.41, 5.74) is -29.8. The van der Waals surface area contributed by atoms with Crippen molar-refractivity contribution >= 4 is 32.3 Å². The van der Waals surface area contributed by atoms with E-state index in [-0.39, 0.29) is 6.92 Å². The lowest BCUT2D eigenvalue weighted by Crippen LogP contribution is -2.89. The van der Waals surface area contributed by atoms with Crippen LogP contribution < -0.4 is 14.2 Å². The molecule has 0 aliphatic heterocycles. The van der Waals surface area contributed by atoms with Crippen LogP contribution in [0.15, 0.2) is 78.9 Å². The Bertz CT molecular complexity index is 4380. The molecule has 16 nitrogen and oxygen atoms in total. The second-order valence-corrected chi connectivity index (χ2v) is 25.5. The Morgan fingerprint density at radius 1 is 0.373 bits per heavy atom. The Morgan fingerprint density at radius 3 is 1.01 bits per heavy atom. The lowest BCUT2D eigenvalue weighted by molar-refractivity contribution is -0.539. The molecule has 2 saturated carbocycles. The van der Waals surface area contributed by atoms with Crippen molar-refractivity contribution in [2.75, 3.05) is 7.11 Å². The largest absolute Gasteiger partial charge is 0.460 e. The van der Waals surface area contributed by atoms with Crippen LogP contribution in [0, 0.1) is 6.92 Å². The van der Waals surface area contributed by atoms with Crippen LogP contribution in [0.5, 0.6) is 17.2 Å². The van der Waals surface area contributed by atoms with Gasteiger partial charge in [-0.1, -0.05) is 41.4 Å². The maximum atomic E-state index is 16.9. The molecule has 3 N–H and O–H groups in total. The van der Waals surface area contributed by atoms with Crippen LogP contribution in [0.2, 0.25) is 0 Å². The van der Waals surface area contributed by atoms with Crippen molar-refractivity contribution in [3.8, 4) is 28.4 Å². The average molecular weight is 1760 g/mol. The van der Waals surface area contributed by atoms with Crippen molar-refractivity contribution in [2.24, 2.45) is 0 Å². The summed E-state index contributed by atoms with van der Waals surface area (Å²) in [5.74, 6) is -87.5. The van der Waals surface area contributed by atoms with Gasteiger partial charge in [0.15, 0.2) is 0 Å². The number of aryl methyl sites for hydroxylation is 1. The predicted octanol–water partition coefficient (Wildman–Crippen LogP) is 18.3. The van der Waals surface area contributed by atoms with Crippen LogP contribution in [0.1, 0.15) is 33.4 Å². The molecule has 4 aromatic rings. The Balaban J connectivity index is 1.60. The highest BCUT2D eigenvalue weighted by Gasteiger charge is 3.04. The first kappa shape index (κ1) is 92.1. The van der Waals surface area contributed by atoms with Crippen molar-refractivity contribution < 1.29 is 258 Å². The minimum atomic E-state index is -8.14. The van der Waals surface area contributed by atoms with E-state index < -0.39 is 315 Å². The van der Waals surface area contributed by atoms with E-state index in [0.29, 0.717) is 0 Å². The third-order valence-electron chi connectivity index (χ3n) is 15.1. The van der Waals surface area contributed by atoms with E-state index in [1.54, 1.807) is 0 Å². The fourth-order valence-corrected chi connectivity index (χ4v) is 10.3. The molecule has 4 atom stereocenters. The van der Waals surface area contributed by atoms with Gasteiger partial charge in [0.1, 0.15) is 29.3 Å². The van der Waals surface area contributed by atoms with Crippen molar-refractivity contribution in [3.05, 3.63) is 112 Å². The van der Waals surface area contributed by atoms with Gasteiger partial charge in [-0.05, 0) is 77.2 Å². The van der Waals surface area contributed by atoms with Gasteiger partial charge in [-0.25, -0.2) is 19.5 Å². The summed E-state index contributed by atoms with van der Waals surface area (Å²) in [6.45, 7) is -0.0353. The summed E-state index contributed by atoms with van der Waals surface area (Å²) in [5, 5.41) is -11.4. The average Bonchev–Trinajstić information content (AvgIpc) is 0.657. The number of methoxy groups -OCH3 is 1. The molecule has 2 aliphatic rings. The Labute approximate surface area is 579 Å². The molecule has 0 spiro atoms. The molecule has 0 saturated heterocycles. The van der Waals surface area contributed by atoms with Crippen LogP contribution in [0.4, 0.5) is 184 Å². The van der Waals surface area contributed by atoms with Gasteiger partial charge in [-0.15, -0.1) is 4.33 Å². The molecular formula is C49H22F42O16S3. The van der Waals surface area contributed by atoms with Crippen molar-refractivity contribution in [1.82, 2.24) is 0 Å². The van der Waals surface area contributed by atoms with E-state index in [0.717, 1.165) is 0 Å². The van der Waals surface area contributed by atoms with Gasteiger partial charge in [-0.2, -0.15) is 201 Å².